The maximum Gasteiger partial charge on any atom is 0.220 e. The molecule has 112 valence electrons. The Kier molecular flexibility index (Phi) is 6.66. The molecule has 1 rings (SSSR count). The number of carbonyl (C=O) groups excluding carboxylic acids is 1. The minimum absolute atomic E-state index is 0.0239. The molecule has 0 spiro atoms. The first-order chi connectivity index (χ1) is 9.65. The third kappa shape index (κ3) is 4.31. The van der Waals surface area contributed by atoms with Gasteiger partial charge in [0.15, 0.2) is 11.5 Å². The van der Waals surface area contributed by atoms with Crippen LogP contribution < -0.4 is 25.3 Å². The highest BCUT2D eigenvalue weighted by Crippen LogP contribution is 2.38. The van der Waals surface area contributed by atoms with Crippen LogP contribution in [-0.4, -0.2) is 40.3 Å². The van der Waals surface area contributed by atoms with Crippen LogP contribution in [0.1, 0.15) is 12.0 Å². The van der Waals surface area contributed by atoms with Crippen molar-refractivity contribution in [2.24, 2.45) is 5.73 Å². The lowest BCUT2D eigenvalue weighted by Crippen LogP contribution is -2.29. The lowest BCUT2D eigenvalue weighted by Gasteiger charge is -2.14. The number of rotatable bonds is 8. The van der Waals surface area contributed by atoms with Gasteiger partial charge in [0.1, 0.15) is 0 Å². The van der Waals surface area contributed by atoms with Crippen LogP contribution in [0, 0.1) is 0 Å². The van der Waals surface area contributed by atoms with E-state index in [0.717, 1.165) is 5.56 Å². The molecule has 0 aliphatic rings. The second-order valence-electron chi connectivity index (χ2n) is 4.17. The number of hydrogen-bond acceptors (Lipinski definition) is 5. The highest BCUT2D eigenvalue weighted by atomic mass is 16.5. The van der Waals surface area contributed by atoms with Crippen molar-refractivity contribution in [3.05, 3.63) is 17.7 Å². The number of hydrogen-bond donors (Lipinski definition) is 2. The fraction of sp³-hybridized carbons (Fsp3) is 0.500. The Morgan fingerprint density at radius 3 is 2.20 bits per heavy atom. The molecule has 0 saturated carbocycles. The molecule has 20 heavy (non-hydrogen) atoms. The van der Waals surface area contributed by atoms with Crippen molar-refractivity contribution >= 4 is 5.91 Å². The van der Waals surface area contributed by atoms with Gasteiger partial charge < -0.3 is 25.3 Å². The zero-order chi connectivity index (χ0) is 15.0. The number of nitrogens with two attached hydrogens (primary N) is 1. The molecule has 0 unspecified atom stereocenters. The molecule has 1 amide bonds. The van der Waals surface area contributed by atoms with Crippen LogP contribution in [0.2, 0.25) is 0 Å². The van der Waals surface area contributed by atoms with Crippen LogP contribution in [0.25, 0.3) is 0 Å². The van der Waals surface area contributed by atoms with Gasteiger partial charge in [0.05, 0.1) is 21.3 Å². The van der Waals surface area contributed by atoms with Crippen LogP contribution in [0.4, 0.5) is 0 Å². The summed E-state index contributed by atoms with van der Waals surface area (Å²) in [6, 6.07) is 3.69. The van der Waals surface area contributed by atoms with Crippen LogP contribution >= 0.6 is 0 Å². The Bertz CT molecular complexity index is 424. The lowest BCUT2D eigenvalue weighted by molar-refractivity contribution is -0.121. The first-order valence-electron chi connectivity index (χ1n) is 6.41. The lowest BCUT2D eigenvalue weighted by atomic mass is 10.1. The molecular weight excluding hydrogens is 260 g/mol. The van der Waals surface area contributed by atoms with Gasteiger partial charge in [0.25, 0.3) is 0 Å². The quantitative estimate of drug-likeness (QED) is 0.734. The number of benzene rings is 1. The molecule has 0 aromatic heterocycles. The van der Waals surface area contributed by atoms with Crippen molar-refractivity contribution in [2.45, 2.75) is 12.8 Å². The van der Waals surface area contributed by atoms with Gasteiger partial charge in [0.2, 0.25) is 11.7 Å². The van der Waals surface area contributed by atoms with Gasteiger partial charge in [-0.15, -0.1) is 0 Å². The van der Waals surface area contributed by atoms with E-state index in [2.05, 4.69) is 5.32 Å². The van der Waals surface area contributed by atoms with E-state index in [1.807, 2.05) is 12.1 Å². The monoisotopic (exact) mass is 282 g/mol. The van der Waals surface area contributed by atoms with E-state index in [1.165, 1.54) is 0 Å². The maximum absolute atomic E-state index is 11.6. The minimum atomic E-state index is -0.0239. The Morgan fingerprint density at radius 2 is 1.75 bits per heavy atom. The molecule has 0 bridgehead atoms. The summed E-state index contributed by atoms with van der Waals surface area (Å²) >= 11 is 0. The summed E-state index contributed by atoms with van der Waals surface area (Å²) in [7, 11) is 4.68. The van der Waals surface area contributed by atoms with Crippen LogP contribution in [0.3, 0.4) is 0 Å². The first kappa shape index (κ1) is 16.1. The Morgan fingerprint density at radius 1 is 1.15 bits per heavy atom. The first-order valence-corrected chi connectivity index (χ1v) is 6.41. The molecule has 0 fully saturated rings. The topological polar surface area (TPSA) is 82.8 Å². The van der Waals surface area contributed by atoms with Gasteiger partial charge in [-0.3, -0.25) is 4.79 Å². The molecule has 6 nitrogen and oxygen atoms in total. The maximum atomic E-state index is 11.6. The van der Waals surface area contributed by atoms with E-state index in [1.54, 1.807) is 21.3 Å². The van der Waals surface area contributed by atoms with Crippen molar-refractivity contribution < 1.29 is 19.0 Å². The van der Waals surface area contributed by atoms with Crippen molar-refractivity contribution in [1.82, 2.24) is 5.32 Å². The van der Waals surface area contributed by atoms with Crippen molar-refractivity contribution in [3.8, 4) is 17.2 Å². The predicted molar refractivity (Wildman–Crippen MR) is 76.5 cm³/mol. The van der Waals surface area contributed by atoms with Gasteiger partial charge in [-0.1, -0.05) is 0 Å². The number of carbonyl (C=O) groups is 1. The summed E-state index contributed by atoms with van der Waals surface area (Å²) in [5.41, 5.74) is 6.28. The number of methoxy groups -OCH3 is 3. The summed E-state index contributed by atoms with van der Waals surface area (Å²) in [5, 5.41) is 2.73. The summed E-state index contributed by atoms with van der Waals surface area (Å²) in [4.78, 5) is 11.6. The van der Waals surface area contributed by atoms with Crippen LogP contribution in [-0.2, 0) is 11.2 Å². The number of aryl methyl sites for hydroxylation is 1. The average Bonchev–Trinajstić information content (AvgIpc) is 2.49. The van der Waals surface area contributed by atoms with E-state index in [4.69, 9.17) is 19.9 Å². The standard InChI is InChI=1S/C14H22N2O4/c1-18-11-8-10(4-5-13(17)16-7-6-15)9-12(19-2)14(11)20-3/h8-9H,4-7,15H2,1-3H3,(H,16,17). The number of nitrogens with one attached hydrogen (secondary N) is 1. The molecule has 1 aromatic rings. The van der Waals surface area contributed by atoms with Crippen molar-refractivity contribution in [1.29, 1.82) is 0 Å². The molecule has 0 radical (unpaired) electrons. The second-order valence-corrected chi connectivity index (χ2v) is 4.17. The zero-order valence-electron chi connectivity index (χ0n) is 12.2. The Balaban J connectivity index is 2.78. The van der Waals surface area contributed by atoms with Gasteiger partial charge in [-0.25, -0.2) is 0 Å². The molecule has 0 heterocycles. The summed E-state index contributed by atoms with van der Waals surface area (Å²) < 4.78 is 15.8. The molecular formula is C14H22N2O4. The minimum Gasteiger partial charge on any atom is -0.493 e. The number of ether oxygens (including phenoxy) is 3. The Labute approximate surface area is 119 Å². The third-order valence-corrected chi connectivity index (χ3v) is 2.83. The Hall–Kier alpha value is -1.95. The van der Waals surface area contributed by atoms with E-state index in [0.29, 0.717) is 43.2 Å². The zero-order valence-corrected chi connectivity index (χ0v) is 12.2. The number of amides is 1. The molecule has 0 atom stereocenters. The van der Waals surface area contributed by atoms with E-state index >= 15 is 0 Å². The SMILES string of the molecule is COc1cc(CCC(=O)NCCN)cc(OC)c1OC. The second kappa shape index (κ2) is 8.27. The van der Waals surface area contributed by atoms with Gasteiger partial charge in [0, 0.05) is 19.5 Å². The molecule has 3 N–H and O–H groups in total. The highest BCUT2D eigenvalue weighted by Gasteiger charge is 2.13. The van der Waals surface area contributed by atoms with Crippen molar-refractivity contribution in [2.75, 3.05) is 34.4 Å². The molecule has 1 aromatic carbocycles. The van der Waals surface area contributed by atoms with Gasteiger partial charge in [-0.2, -0.15) is 0 Å². The van der Waals surface area contributed by atoms with Crippen LogP contribution in [0.5, 0.6) is 17.2 Å². The van der Waals surface area contributed by atoms with Gasteiger partial charge in [-0.05, 0) is 24.1 Å². The normalized spacial score (nSPS) is 10.0. The molecule has 0 aliphatic heterocycles. The fourth-order valence-electron chi connectivity index (χ4n) is 1.84. The average molecular weight is 282 g/mol. The highest BCUT2D eigenvalue weighted by molar-refractivity contribution is 5.76. The molecule has 0 saturated heterocycles. The molecule has 0 aliphatic carbocycles. The van der Waals surface area contributed by atoms with Crippen LogP contribution in [0.15, 0.2) is 12.1 Å². The summed E-state index contributed by atoms with van der Waals surface area (Å²) in [6.07, 6.45) is 0.978. The van der Waals surface area contributed by atoms with E-state index in [-0.39, 0.29) is 5.91 Å². The fourth-order valence-corrected chi connectivity index (χ4v) is 1.84. The molecule has 6 heteroatoms. The van der Waals surface area contributed by atoms with E-state index < -0.39 is 0 Å². The van der Waals surface area contributed by atoms with E-state index in [9.17, 15) is 4.79 Å². The predicted octanol–water partition coefficient (Wildman–Crippen LogP) is 0.720. The summed E-state index contributed by atoms with van der Waals surface area (Å²) in [6.45, 7) is 0.935. The largest absolute Gasteiger partial charge is 0.493 e. The van der Waals surface area contributed by atoms with Crippen molar-refractivity contribution in [3.63, 3.8) is 0 Å². The summed E-state index contributed by atoms with van der Waals surface area (Å²) in [5.74, 6) is 1.70. The smallest absolute Gasteiger partial charge is 0.220 e. The third-order valence-electron chi connectivity index (χ3n) is 2.83. The van der Waals surface area contributed by atoms with Gasteiger partial charge >= 0.3 is 0 Å².